The second-order valence-corrected chi connectivity index (χ2v) is 3.75. The second kappa shape index (κ2) is 6.20. The van der Waals surface area contributed by atoms with Gasteiger partial charge < -0.3 is 4.98 Å². The predicted molar refractivity (Wildman–Crippen MR) is 64.9 cm³/mol. The number of aromatic amines is 1. The lowest BCUT2D eigenvalue weighted by Crippen LogP contribution is -2.29. The molecule has 0 radical (unpaired) electrons. The highest BCUT2D eigenvalue weighted by Gasteiger charge is 2.13. The van der Waals surface area contributed by atoms with Crippen LogP contribution in [0.2, 0.25) is 0 Å². The van der Waals surface area contributed by atoms with Gasteiger partial charge in [0, 0.05) is 5.69 Å². The molecule has 5 heteroatoms. The van der Waals surface area contributed by atoms with Crippen LogP contribution in [0.25, 0.3) is 0 Å². The summed E-state index contributed by atoms with van der Waals surface area (Å²) < 4.78 is 0. The number of amides is 1. The molecule has 1 amide bonds. The van der Waals surface area contributed by atoms with E-state index in [-0.39, 0.29) is 11.1 Å². The molecule has 0 aliphatic heterocycles. The number of pyridine rings is 1. The number of aromatic nitrogens is 1. The maximum atomic E-state index is 11.7. The Hall–Kier alpha value is -1.62. The van der Waals surface area contributed by atoms with Crippen molar-refractivity contribution in [1.29, 1.82) is 0 Å². The summed E-state index contributed by atoms with van der Waals surface area (Å²) in [6.07, 6.45) is 2.55. The normalized spacial score (nSPS) is 10.3. The second-order valence-electron chi connectivity index (χ2n) is 3.75. The van der Waals surface area contributed by atoms with Crippen LogP contribution >= 0.6 is 0 Å². The molecule has 0 fully saturated rings. The number of rotatable bonds is 5. The molecule has 0 unspecified atom stereocenters. The van der Waals surface area contributed by atoms with E-state index in [2.05, 4.69) is 22.2 Å². The summed E-state index contributed by atoms with van der Waals surface area (Å²) in [4.78, 5) is 30.5. The maximum Gasteiger partial charge on any atom is 0.280 e. The average molecular weight is 238 g/mol. The number of hydroxylamine groups is 1. The largest absolute Gasteiger partial charge is 0.325 e. The van der Waals surface area contributed by atoms with Crippen molar-refractivity contribution in [2.75, 3.05) is 7.11 Å². The lowest BCUT2D eigenvalue weighted by atomic mass is 10.0. The topological polar surface area (TPSA) is 71.2 Å². The van der Waals surface area contributed by atoms with Gasteiger partial charge in [-0.3, -0.25) is 14.4 Å². The predicted octanol–water partition coefficient (Wildman–Crippen LogP) is 1.18. The van der Waals surface area contributed by atoms with Crippen LogP contribution in [0.15, 0.2) is 10.9 Å². The van der Waals surface area contributed by atoms with E-state index in [1.54, 1.807) is 6.07 Å². The van der Waals surface area contributed by atoms with Crippen molar-refractivity contribution in [1.82, 2.24) is 10.5 Å². The van der Waals surface area contributed by atoms with E-state index in [9.17, 15) is 9.59 Å². The Morgan fingerprint density at radius 2 is 2.18 bits per heavy atom. The summed E-state index contributed by atoms with van der Waals surface area (Å²) in [5.41, 5.74) is 3.77. The molecule has 0 bridgehead atoms. The van der Waals surface area contributed by atoms with Crippen LogP contribution in [0.3, 0.4) is 0 Å². The number of carbonyl (C=O) groups excluding carboxylic acids is 1. The summed E-state index contributed by atoms with van der Waals surface area (Å²) in [5, 5.41) is 0. The highest BCUT2D eigenvalue weighted by Crippen LogP contribution is 2.09. The quantitative estimate of drug-likeness (QED) is 0.757. The van der Waals surface area contributed by atoms with Crippen LogP contribution in [0.5, 0.6) is 0 Å². The fraction of sp³-hybridized carbons (Fsp3) is 0.500. The van der Waals surface area contributed by atoms with Gasteiger partial charge in [0.2, 0.25) is 0 Å². The molecule has 1 heterocycles. The van der Waals surface area contributed by atoms with E-state index >= 15 is 0 Å². The molecule has 0 aromatic carbocycles. The van der Waals surface area contributed by atoms with Crippen LogP contribution in [-0.2, 0) is 17.7 Å². The molecule has 0 saturated heterocycles. The van der Waals surface area contributed by atoms with Crippen LogP contribution in [0.1, 0.15) is 41.9 Å². The minimum Gasteiger partial charge on any atom is -0.325 e. The molecule has 17 heavy (non-hydrogen) atoms. The first-order valence-corrected chi connectivity index (χ1v) is 5.72. The molecular formula is C12H18N2O3. The van der Waals surface area contributed by atoms with Gasteiger partial charge >= 0.3 is 0 Å². The van der Waals surface area contributed by atoms with E-state index in [0.717, 1.165) is 30.5 Å². The first-order chi connectivity index (χ1) is 8.13. The number of hydrogen-bond acceptors (Lipinski definition) is 3. The number of hydrogen-bond donors (Lipinski definition) is 2. The smallest absolute Gasteiger partial charge is 0.280 e. The molecule has 2 N–H and O–H groups in total. The van der Waals surface area contributed by atoms with Gasteiger partial charge in [-0.1, -0.05) is 20.3 Å². The van der Waals surface area contributed by atoms with Gasteiger partial charge in [0.1, 0.15) is 5.56 Å². The van der Waals surface area contributed by atoms with Gasteiger partial charge in [0.05, 0.1) is 7.11 Å². The Balaban J connectivity index is 3.19. The highest BCUT2D eigenvalue weighted by molar-refractivity contribution is 5.93. The summed E-state index contributed by atoms with van der Waals surface area (Å²) in [6.45, 7) is 4.03. The molecule has 0 aliphatic rings. The van der Waals surface area contributed by atoms with Crippen LogP contribution in [0, 0.1) is 0 Å². The van der Waals surface area contributed by atoms with Crippen molar-refractivity contribution >= 4 is 5.91 Å². The van der Waals surface area contributed by atoms with Crippen LogP contribution in [-0.4, -0.2) is 18.0 Å². The minimum absolute atomic E-state index is 0.0903. The third-order valence-electron chi connectivity index (χ3n) is 2.53. The molecule has 1 rings (SSSR count). The van der Waals surface area contributed by atoms with Crippen LogP contribution < -0.4 is 11.0 Å². The molecule has 5 nitrogen and oxygen atoms in total. The molecule has 0 spiro atoms. The summed E-state index contributed by atoms with van der Waals surface area (Å²) in [7, 11) is 1.33. The zero-order chi connectivity index (χ0) is 12.8. The summed E-state index contributed by atoms with van der Waals surface area (Å²) >= 11 is 0. The first kappa shape index (κ1) is 13.4. The lowest BCUT2D eigenvalue weighted by Gasteiger charge is -2.09. The van der Waals surface area contributed by atoms with Crippen molar-refractivity contribution in [2.24, 2.45) is 0 Å². The van der Waals surface area contributed by atoms with Gasteiger partial charge in [0.25, 0.3) is 11.5 Å². The van der Waals surface area contributed by atoms with Gasteiger partial charge in [-0.05, 0) is 24.5 Å². The minimum atomic E-state index is -0.520. The number of aryl methyl sites for hydroxylation is 2. The monoisotopic (exact) mass is 238 g/mol. The zero-order valence-corrected chi connectivity index (χ0v) is 10.4. The Morgan fingerprint density at radius 3 is 2.71 bits per heavy atom. The molecule has 1 aromatic heterocycles. The van der Waals surface area contributed by atoms with Crippen LogP contribution in [0.4, 0.5) is 0 Å². The molecule has 0 aliphatic carbocycles. The molecule has 0 atom stereocenters. The Morgan fingerprint density at radius 1 is 1.47 bits per heavy atom. The third-order valence-corrected chi connectivity index (χ3v) is 2.53. The zero-order valence-electron chi connectivity index (χ0n) is 10.4. The summed E-state index contributed by atoms with van der Waals surface area (Å²) in [5.74, 6) is -0.520. The first-order valence-electron chi connectivity index (χ1n) is 5.72. The van der Waals surface area contributed by atoms with E-state index in [4.69, 9.17) is 0 Å². The van der Waals surface area contributed by atoms with Gasteiger partial charge in [-0.25, -0.2) is 5.48 Å². The van der Waals surface area contributed by atoms with Crippen molar-refractivity contribution < 1.29 is 9.63 Å². The SMILES string of the molecule is CCCc1cc(C(=O)NOC)c(=O)[nH]c1CC. The number of H-pyrrole nitrogens is 1. The Labute approximate surface area is 100 Å². The van der Waals surface area contributed by atoms with Crippen molar-refractivity contribution in [2.45, 2.75) is 33.1 Å². The maximum absolute atomic E-state index is 11.7. The van der Waals surface area contributed by atoms with Gasteiger partial charge in [0.15, 0.2) is 0 Å². The van der Waals surface area contributed by atoms with Crippen molar-refractivity contribution in [3.8, 4) is 0 Å². The fourth-order valence-electron chi connectivity index (χ4n) is 1.74. The highest BCUT2D eigenvalue weighted by atomic mass is 16.6. The molecule has 0 saturated carbocycles. The standard InChI is InChI=1S/C12H18N2O3/c1-4-6-8-7-9(12(16)14-17-3)11(15)13-10(8)5-2/h7H,4-6H2,1-3H3,(H,13,15)(H,14,16). The van der Waals surface area contributed by atoms with Gasteiger partial charge in [-0.2, -0.15) is 0 Å². The molecular weight excluding hydrogens is 220 g/mol. The van der Waals surface area contributed by atoms with E-state index in [1.165, 1.54) is 7.11 Å². The van der Waals surface area contributed by atoms with Gasteiger partial charge in [-0.15, -0.1) is 0 Å². The lowest BCUT2D eigenvalue weighted by molar-refractivity contribution is 0.0536. The average Bonchev–Trinajstić information content (AvgIpc) is 2.31. The van der Waals surface area contributed by atoms with Crippen molar-refractivity contribution in [3.63, 3.8) is 0 Å². The van der Waals surface area contributed by atoms with E-state index in [1.807, 2.05) is 6.92 Å². The van der Waals surface area contributed by atoms with Crippen molar-refractivity contribution in [3.05, 3.63) is 33.2 Å². The third kappa shape index (κ3) is 3.17. The molecule has 1 aromatic rings. The van der Waals surface area contributed by atoms with E-state index < -0.39 is 5.91 Å². The number of nitrogens with one attached hydrogen (secondary N) is 2. The Bertz CT molecular complexity index is 452. The summed E-state index contributed by atoms with van der Waals surface area (Å²) in [6, 6.07) is 1.65. The van der Waals surface area contributed by atoms with E-state index in [0.29, 0.717) is 0 Å². The number of carbonyl (C=O) groups is 1. The molecule has 94 valence electrons. The fourth-order valence-corrected chi connectivity index (χ4v) is 1.74. The Kier molecular flexibility index (Phi) is 4.90.